The van der Waals surface area contributed by atoms with Crippen LogP contribution in [0.3, 0.4) is 0 Å². The van der Waals surface area contributed by atoms with Crippen molar-refractivity contribution in [2.24, 2.45) is 0 Å². The Hall–Kier alpha value is -1.36. The van der Waals surface area contributed by atoms with Crippen molar-refractivity contribution in [2.75, 3.05) is 19.6 Å². The van der Waals surface area contributed by atoms with Crippen LogP contribution in [0.25, 0.3) is 0 Å². The number of piperidine rings is 1. The van der Waals surface area contributed by atoms with Crippen molar-refractivity contribution < 1.29 is 4.79 Å². The molecule has 1 aliphatic carbocycles. The van der Waals surface area contributed by atoms with Crippen LogP contribution in [0, 0.1) is 0 Å². The first-order valence-electron chi connectivity index (χ1n) is 7.86. The van der Waals surface area contributed by atoms with E-state index in [1.54, 1.807) is 0 Å². The largest absolute Gasteiger partial charge is 0.334 e. The summed E-state index contributed by atoms with van der Waals surface area (Å²) in [6.45, 7) is 4.97. The van der Waals surface area contributed by atoms with Gasteiger partial charge in [-0.2, -0.15) is 5.10 Å². The van der Waals surface area contributed by atoms with E-state index in [0.29, 0.717) is 17.7 Å². The molecule has 2 fully saturated rings. The lowest BCUT2D eigenvalue weighted by molar-refractivity contribution is 0.0636. The van der Waals surface area contributed by atoms with Gasteiger partial charge in [0.05, 0.1) is 0 Å². The maximum Gasteiger partial charge on any atom is 0.274 e. The lowest BCUT2D eigenvalue weighted by atomic mass is 10.0. The SMILES string of the molecule is CCCN(C(=O)c1cc(C2CC2)[nH]n1)C1CCNCC1. The number of nitrogens with one attached hydrogen (secondary N) is 2. The molecule has 5 heteroatoms. The molecule has 20 heavy (non-hydrogen) atoms. The smallest absolute Gasteiger partial charge is 0.274 e. The van der Waals surface area contributed by atoms with E-state index in [1.807, 2.05) is 11.0 Å². The summed E-state index contributed by atoms with van der Waals surface area (Å²) in [6.07, 6.45) is 5.54. The van der Waals surface area contributed by atoms with Crippen LogP contribution in [0.2, 0.25) is 0 Å². The van der Waals surface area contributed by atoms with Gasteiger partial charge in [0.25, 0.3) is 5.91 Å². The van der Waals surface area contributed by atoms with Crippen molar-refractivity contribution >= 4 is 5.91 Å². The quantitative estimate of drug-likeness (QED) is 0.863. The summed E-state index contributed by atoms with van der Waals surface area (Å²) < 4.78 is 0. The van der Waals surface area contributed by atoms with Gasteiger partial charge in [-0.3, -0.25) is 9.89 Å². The van der Waals surface area contributed by atoms with Gasteiger partial charge in [-0.25, -0.2) is 0 Å². The highest BCUT2D eigenvalue weighted by molar-refractivity contribution is 5.92. The van der Waals surface area contributed by atoms with Gasteiger partial charge in [-0.05, 0) is 51.3 Å². The van der Waals surface area contributed by atoms with E-state index in [9.17, 15) is 4.79 Å². The van der Waals surface area contributed by atoms with Crippen LogP contribution in [0.4, 0.5) is 0 Å². The molecule has 1 aromatic heterocycles. The summed E-state index contributed by atoms with van der Waals surface area (Å²) in [5.41, 5.74) is 1.73. The molecular weight excluding hydrogens is 252 g/mol. The highest BCUT2D eigenvalue weighted by Gasteiger charge is 2.30. The Labute approximate surface area is 120 Å². The monoisotopic (exact) mass is 276 g/mol. The number of H-pyrrole nitrogens is 1. The average Bonchev–Trinajstić information content (AvgIpc) is 3.22. The number of carbonyl (C=O) groups is 1. The first kappa shape index (κ1) is 13.6. The van der Waals surface area contributed by atoms with Crippen LogP contribution in [-0.2, 0) is 0 Å². The number of aromatic nitrogens is 2. The minimum absolute atomic E-state index is 0.0990. The maximum absolute atomic E-state index is 12.7. The third kappa shape index (κ3) is 2.87. The molecule has 2 aliphatic rings. The van der Waals surface area contributed by atoms with Crippen LogP contribution in [0.5, 0.6) is 0 Å². The van der Waals surface area contributed by atoms with E-state index < -0.39 is 0 Å². The van der Waals surface area contributed by atoms with Crippen molar-refractivity contribution in [2.45, 2.75) is 51.0 Å². The molecule has 110 valence electrons. The molecule has 0 spiro atoms. The van der Waals surface area contributed by atoms with E-state index >= 15 is 0 Å². The molecule has 2 heterocycles. The Morgan fingerprint density at radius 2 is 2.10 bits per heavy atom. The molecular formula is C15H24N4O. The van der Waals surface area contributed by atoms with E-state index in [4.69, 9.17) is 0 Å². The predicted molar refractivity (Wildman–Crippen MR) is 77.8 cm³/mol. The molecule has 5 nitrogen and oxygen atoms in total. The number of amides is 1. The van der Waals surface area contributed by atoms with Gasteiger partial charge in [0.15, 0.2) is 0 Å². The summed E-state index contributed by atoms with van der Waals surface area (Å²) >= 11 is 0. The Morgan fingerprint density at radius 3 is 2.75 bits per heavy atom. The van der Waals surface area contributed by atoms with Gasteiger partial charge in [0, 0.05) is 24.2 Å². The van der Waals surface area contributed by atoms with Crippen molar-refractivity contribution in [3.63, 3.8) is 0 Å². The summed E-state index contributed by atoms with van der Waals surface area (Å²) in [7, 11) is 0. The maximum atomic E-state index is 12.7. The minimum Gasteiger partial charge on any atom is -0.334 e. The first-order chi connectivity index (χ1) is 9.79. The molecule has 1 aliphatic heterocycles. The summed E-state index contributed by atoms with van der Waals surface area (Å²) in [4.78, 5) is 14.7. The number of carbonyl (C=O) groups excluding carboxylic acids is 1. The van der Waals surface area contributed by atoms with Gasteiger partial charge in [0.1, 0.15) is 5.69 Å². The average molecular weight is 276 g/mol. The third-order valence-corrected chi connectivity index (χ3v) is 4.31. The Balaban J connectivity index is 1.72. The second-order valence-corrected chi connectivity index (χ2v) is 5.96. The van der Waals surface area contributed by atoms with Gasteiger partial charge in [0.2, 0.25) is 0 Å². The first-order valence-corrected chi connectivity index (χ1v) is 7.86. The van der Waals surface area contributed by atoms with E-state index in [2.05, 4.69) is 22.4 Å². The Bertz CT molecular complexity index is 460. The number of hydrogen-bond donors (Lipinski definition) is 2. The summed E-state index contributed by atoms with van der Waals surface area (Å²) in [5, 5.41) is 10.6. The minimum atomic E-state index is 0.0990. The second-order valence-electron chi connectivity index (χ2n) is 5.96. The standard InChI is InChI=1S/C15H24N4O/c1-2-9-19(12-5-7-16-8-6-12)15(20)14-10-13(17-18-14)11-3-4-11/h10-12,16H,2-9H2,1H3,(H,17,18). The number of hydrogen-bond acceptors (Lipinski definition) is 3. The fourth-order valence-corrected chi connectivity index (χ4v) is 3.01. The zero-order valence-corrected chi connectivity index (χ0v) is 12.2. The fraction of sp³-hybridized carbons (Fsp3) is 0.733. The molecule has 0 radical (unpaired) electrons. The second kappa shape index (κ2) is 5.95. The highest BCUT2D eigenvalue weighted by atomic mass is 16.2. The van der Waals surface area contributed by atoms with Gasteiger partial charge >= 0.3 is 0 Å². The van der Waals surface area contributed by atoms with Crippen molar-refractivity contribution in [1.29, 1.82) is 0 Å². The van der Waals surface area contributed by atoms with Crippen molar-refractivity contribution in [3.8, 4) is 0 Å². The van der Waals surface area contributed by atoms with Gasteiger partial charge in [-0.15, -0.1) is 0 Å². The van der Waals surface area contributed by atoms with Crippen LogP contribution in [0.1, 0.15) is 61.1 Å². The topological polar surface area (TPSA) is 61.0 Å². The number of nitrogens with zero attached hydrogens (tertiary/aromatic N) is 2. The Kier molecular flexibility index (Phi) is 4.05. The molecule has 3 rings (SSSR count). The molecule has 1 saturated carbocycles. The molecule has 0 bridgehead atoms. The van der Waals surface area contributed by atoms with Crippen molar-refractivity contribution in [3.05, 3.63) is 17.5 Å². The molecule has 0 atom stereocenters. The highest BCUT2D eigenvalue weighted by Crippen LogP contribution is 2.39. The zero-order chi connectivity index (χ0) is 13.9. The lowest BCUT2D eigenvalue weighted by Gasteiger charge is -2.34. The Morgan fingerprint density at radius 1 is 1.35 bits per heavy atom. The van der Waals surface area contributed by atoms with Crippen LogP contribution in [0.15, 0.2) is 6.07 Å². The van der Waals surface area contributed by atoms with Crippen molar-refractivity contribution in [1.82, 2.24) is 20.4 Å². The normalized spacial score (nSPS) is 20.1. The summed E-state index contributed by atoms with van der Waals surface area (Å²) in [5.74, 6) is 0.712. The van der Waals surface area contributed by atoms with Crippen LogP contribution < -0.4 is 5.32 Å². The molecule has 0 aromatic carbocycles. The van der Waals surface area contributed by atoms with Gasteiger partial charge < -0.3 is 10.2 Å². The summed E-state index contributed by atoms with van der Waals surface area (Å²) in [6, 6.07) is 2.33. The van der Waals surface area contributed by atoms with Crippen LogP contribution in [-0.4, -0.2) is 46.7 Å². The molecule has 1 saturated heterocycles. The molecule has 0 unspecified atom stereocenters. The number of rotatable bonds is 5. The third-order valence-electron chi connectivity index (χ3n) is 4.31. The van der Waals surface area contributed by atoms with E-state index in [1.165, 1.54) is 12.8 Å². The molecule has 2 N–H and O–H groups in total. The van der Waals surface area contributed by atoms with Crippen LogP contribution >= 0.6 is 0 Å². The zero-order valence-electron chi connectivity index (χ0n) is 12.2. The molecule has 1 aromatic rings. The van der Waals surface area contributed by atoms with Gasteiger partial charge in [-0.1, -0.05) is 6.92 Å². The van der Waals surface area contributed by atoms with E-state index in [-0.39, 0.29) is 5.91 Å². The van der Waals surface area contributed by atoms with E-state index in [0.717, 1.165) is 44.6 Å². The lowest BCUT2D eigenvalue weighted by Crippen LogP contribution is -2.46. The predicted octanol–water partition coefficient (Wildman–Crippen LogP) is 1.89. The number of aromatic amines is 1. The molecule has 1 amide bonds. The fourth-order valence-electron chi connectivity index (χ4n) is 3.01.